The van der Waals surface area contributed by atoms with Gasteiger partial charge in [0.25, 0.3) is 5.91 Å². The fourth-order valence-electron chi connectivity index (χ4n) is 2.15. The zero-order chi connectivity index (χ0) is 16.9. The van der Waals surface area contributed by atoms with Gasteiger partial charge < -0.3 is 5.32 Å². The summed E-state index contributed by atoms with van der Waals surface area (Å²) >= 11 is 7.53. The number of carbonyl (C=O) groups is 1. The maximum absolute atomic E-state index is 12.2. The van der Waals surface area contributed by atoms with Crippen molar-refractivity contribution < 1.29 is 4.79 Å². The fraction of sp³-hybridized carbons (Fsp3) is 0.0500. The second kappa shape index (κ2) is 7.56. The molecule has 0 heterocycles. The highest BCUT2D eigenvalue weighted by Gasteiger charge is 2.06. The molecule has 3 aromatic rings. The molecule has 1 amide bonds. The summed E-state index contributed by atoms with van der Waals surface area (Å²) in [4.78, 5) is 14.5. The average molecular weight is 354 g/mol. The number of rotatable bonds is 4. The van der Waals surface area contributed by atoms with Gasteiger partial charge in [0.15, 0.2) is 0 Å². The van der Waals surface area contributed by atoms with E-state index >= 15 is 0 Å². The number of amides is 1. The average Bonchev–Trinajstić information content (AvgIpc) is 2.59. The summed E-state index contributed by atoms with van der Waals surface area (Å²) in [7, 11) is 0. The molecule has 3 rings (SSSR count). The second-order valence-corrected chi connectivity index (χ2v) is 6.98. The van der Waals surface area contributed by atoms with E-state index in [-0.39, 0.29) is 5.91 Å². The van der Waals surface area contributed by atoms with Crippen molar-refractivity contribution in [1.82, 2.24) is 0 Å². The molecule has 0 spiro atoms. The summed E-state index contributed by atoms with van der Waals surface area (Å²) in [6.45, 7) is 2.08. The van der Waals surface area contributed by atoms with E-state index in [1.165, 1.54) is 10.5 Å². The molecule has 0 radical (unpaired) electrons. The van der Waals surface area contributed by atoms with Gasteiger partial charge >= 0.3 is 0 Å². The van der Waals surface area contributed by atoms with Gasteiger partial charge in [-0.25, -0.2) is 0 Å². The number of halogens is 1. The zero-order valence-electron chi connectivity index (χ0n) is 13.1. The molecule has 0 aliphatic carbocycles. The van der Waals surface area contributed by atoms with Crippen molar-refractivity contribution in [2.45, 2.75) is 16.7 Å². The van der Waals surface area contributed by atoms with Crippen LogP contribution in [0.1, 0.15) is 15.9 Å². The summed E-state index contributed by atoms with van der Waals surface area (Å²) in [6.07, 6.45) is 0. The molecule has 0 bridgehead atoms. The molecule has 0 aliphatic rings. The molecule has 24 heavy (non-hydrogen) atoms. The molecule has 2 nitrogen and oxygen atoms in total. The number of nitrogens with one attached hydrogen (secondary N) is 1. The van der Waals surface area contributed by atoms with Crippen LogP contribution in [0.3, 0.4) is 0 Å². The summed E-state index contributed by atoms with van der Waals surface area (Å²) in [5, 5.41) is 3.50. The standard InChI is InChI=1S/C20H16ClNOS/c1-14-2-10-18(11-3-14)24-19-12-8-17(9-13-19)22-20(23)15-4-6-16(21)7-5-15/h2-13H,1H3,(H,22,23). The van der Waals surface area contributed by atoms with E-state index in [0.717, 1.165) is 10.6 Å². The highest BCUT2D eigenvalue weighted by molar-refractivity contribution is 7.99. The lowest BCUT2D eigenvalue weighted by molar-refractivity contribution is 0.102. The van der Waals surface area contributed by atoms with Crippen molar-refractivity contribution in [2.75, 3.05) is 5.32 Å². The molecular weight excluding hydrogens is 338 g/mol. The number of anilines is 1. The first-order valence-electron chi connectivity index (χ1n) is 7.52. The van der Waals surface area contributed by atoms with E-state index in [1.807, 2.05) is 24.3 Å². The zero-order valence-corrected chi connectivity index (χ0v) is 14.7. The van der Waals surface area contributed by atoms with Crippen molar-refractivity contribution in [3.8, 4) is 0 Å². The molecular formula is C20H16ClNOS. The molecule has 3 aromatic carbocycles. The monoisotopic (exact) mass is 353 g/mol. The predicted octanol–water partition coefficient (Wildman–Crippen LogP) is 6.05. The van der Waals surface area contributed by atoms with Crippen LogP contribution in [0.15, 0.2) is 82.6 Å². The number of aryl methyl sites for hydroxylation is 1. The van der Waals surface area contributed by atoms with Gasteiger partial charge in [-0.1, -0.05) is 41.1 Å². The fourth-order valence-corrected chi connectivity index (χ4v) is 3.10. The van der Waals surface area contributed by atoms with E-state index in [1.54, 1.807) is 36.0 Å². The van der Waals surface area contributed by atoms with Crippen LogP contribution in [0.5, 0.6) is 0 Å². The first kappa shape index (κ1) is 16.6. The Morgan fingerprint density at radius 2 is 1.38 bits per heavy atom. The maximum atomic E-state index is 12.2. The number of hydrogen-bond donors (Lipinski definition) is 1. The third kappa shape index (κ3) is 4.40. The van der Waals surface area contributed by atoms with E-state index in [4.69, 9.17) is 11.6 Å². The largest absolute Gasteiger partial charge is 0.322 e. The Hall–Kier alpha value is -2.23. The van der Waals surface area contributed by atoms with E-state index < -0.39 is 0 Å². The van der Waals surface area contributed by atoms with Crippen LogP contribution in [0.2, 0.25) is 5.02 Å². The van der Waals surface area contributed by atoms with Crippen LogP contribution in [0.25, 0.3) is 0 Å². The van der Waals surface area contributed by atoms with Crippen LogP contribution in [-0.2, 0) is 0 Å². The minimum atomic E-state index is -0.148. The Morgan fingerprint density at radius 3 is 1.96 bits per heavy atom. The van der Waals surface area contributed by atoms with Crippen LogP contribution < -0.4 is 5.32 Å². The molecule has 0 fully saturated rings. The number of hydrogen-bond acceptors (Lipinski definition) is 2. The topological polar surface area (TPSA) is 29.1 Å². The summed E-state index contributed by atoms with van der Waals surface area (Å²) in [5.41, 5.74) is 2.60. The van der Waals surface area contributed by atoms with Gasteiger partial charge in [-0.05, 0) is 67.6 Å². The SMILES string of the molecule is Cc1ccc(Sc2ccc(NC(=O)c3ccc(Cl)cc3)cc2)cc1. The molecule has 120 valence electrons. The van der Waals surface area contributed by atoms with Gasteiger partial charge in [0.1, 0.15) is 0 Å². The van der Waals surface area contributed by atoms with Gasteiger partial charge in [0.2, 0.25) is 0 Å². The Morgan fingerprint density at radius 1 is 0.833 bits per heavy atom. The number of benzene rings is 3. The lowest BCUT2D eigenvalue weighted by atomic mass is 10.2. The smallest absolute Gasteiger partial charge is 0.255 e. The minimum Gasteiger partial charge on any atom is -0.322 e. The Balaban J connectivity index is 1.64. The van der Waals surface area contributed by atoms with Crippen molar-refractivity contribution in [2.24, 2.45) is 0 Å². The first-order valence-corrected chi connectivity index (χ1v) is 8.71. The maximum Gasteiger partial charge on any atom is 0.255 e. The van der Waals surface area contributed by atoms with Gasteiger partial charge in [-0.15, -0.1) is 0 Å². The Kier molecular flexibility index (Phi) is 5.24. The normalized spacial score (nSPS) is 10.4. The van der Waals surface area contributed by atoms with Crippen LogP contribution in [-0.4, -0.2) is 5.91 Å². The molecule has 0 saturated heterocycles. The number of carbonyl (C=O) groups excluding carboxylic acids is 1. The summed E-state index contributed by atoms with van der Waals surface area (Å²) in [5.74, 6) is -0.148. The molecule has 4 heteroatoms. The first-order chi connectivity index (χ1) is 11.6. The van der Waals surface area contributed by atoms with Gasteiger partial charge in [-0.3, -0.25) is 4.79 Å². The van der Waals surface area contributed by atoms with E-state index in [2.05, 4.69) is 36.5 Å². The molecule has 0 aromatic heterocycles. The van der Waals surface area contributed by atoms with E-state index in [9.17, 15) is 4.79 Å². The van der Waals surface area contributed by atoms with Gasteiger partial charge in [-0.2, -0.15) is 0 Å². The van der Waals surface area contributed by atoms with Crippen molar-refractivity contribution in [3.05, 3.63) is 88.9 Å². The van der Waals surface area contributed by atoms with Crippen molar-refractivity contribution in [1.29, 1.82) is 0 Å². The van der Waals surface area contributed by atoms with Gasteiger partial charge in [0, 0.05) is 26.1 Å². The third-order valence-electron chi connectivity index (χ3n) is 3.48. The molecule has 0 atom stereocenters. The minimum absolute atomic E-state index is 0.148. The van der Waals surface area contributed by atoms with Crippen molar-refractivity contribution >= 4 is 35.0 Å². The van der Waals surface area contributed by atoms with Crippen LogP contribution in [0, 0.1) is 6.92 Å². The molecule has 0 aliphatic heterocycles. The highest BCUT2D eigenvalue weighted by atomic mass is 35.5. The van der Waals surface area contributed by atoms with Crippen LogP contribution >= 0.6 is 23.4 Å². The van der Waals surface area contributed by atoms with Crippen molar-refractivity contribution in [3.63, 3.8) is 0 Å². The summed E-state index contributed by atoms with van der Waals surface area (Å²) < 4.78 is 0. The third-order valence-corrected chi connectivity index (χ3v) is 4.74. The van der Waals surface area contributed by atoms with Gasteiger partial charge in [0.05, 0.1) is 0 Å². The predicted molar refractivity (Wildman–Crippen MR) is 101 cm³/mol. The Bertz CT molecular complexity index is 827. The quantitative estimate of drug-likeness (QED) is 0.618. The highest BCUT2D eigenvalue weighted by Crippen LogP contribution is 2.28. The van der Waals surface area contributed by atoms with Crippen LogP contribution in [0.4, 0.5) is 5.69 Å². The Labute approximate surface area is 150 Å². The summed E-state index contributed by atoms with van der Waals surface area (Å²) in [6, 6.07) is 23.1. The lowest BCUT2D eigenvalue weighted by Crippen LogP contribution is -2.11. The molecule has 0 saturated carbocycles. The van der Waals surface area contributed by atoms with E-state index in [0.29, 0.717) is 10.6 Å². The lowest BCUT2D eigenvalue weighted by Gasteiger charge is -2.07. The molecule has 1 N–H and O–H groups in total. The molecule has 0 unspecified atom stereocenters. The second-order valence-electron chi connectivity index (χ2n) is 5.40.